The lowest BCUT2D eigenvalue weighted by atomic mass is 9.90. The molecule has 0 bridgehead atoms. The number of halogens is 1. The van der Waals surface area contributed by atoms with Crippen molar-refractivity contribution in [3.05, 3.63) is 45.8 Å². The van der Waals surface area contributed by atoms with Crippen LogP contribution in [0.15, 0.2) is 36.7 Å². The third-order valence-electron chi connectivity index (χ3n) is 3.82. The van der Waals surface area contributed by atoms with E-state index < -0.39 is 0 Å². The van der Waals surface area contributed by atoms with Crippen LogP contribution in [0.4, 0.5) is 5.69 Å². The number of aromatic nitrogens is 2. The van der Waals surface area contributed by atoms with E-state index in [1.165, 1.54) is 0 Å². The maximum atomic E-state index is 12.5. The highest BCUT2D eigenvalue weighted by molar-refractivity contribution is 14.1. The molecule has 3 rings (SSSR count). The van der Waals surface area contributed by atoms with Crippen LogP contribution in [0.2, 0.25) is 0 Å². The molecule has 1 aliphatic heterocycles. The second kappa shape index (κ2) is 6.15. The number of benzene rings is 1. The zero-order chi connectivity index (χ0) is 14.8. The van der Waals surface area contributed by atoms with Crippen LogP contribution in [0.5, 0.6) is 0 Å². The van der Waals surface area contributed by atoms with Gasteiger partial charge < -0.3 is 10.6 Å². The van der Waals surface area contributed by atoms with Crippen LogP contribution in [0.25, 0.3) is 0 Å². The number of hydrogen-bond donors (Lipinski definition) is 2. The largest absolute Gasteiger partial charge is 0.326 e. The Labute approximate surface area is 137 Å². The summed E-state index contributed by atoms with van der Waals surface area (Å²) in [6, 6.07) is 7.84. The topological polar surface area (TPSA) is 59.0 Å². The molecule has 1 saturated heterocycles. The van der Waals surface area contributed by atoms with E-state index in [2.05, 4.69) is 38.3 Å². The third-order valence-corrected chi connectivity index (χ3v) is 4.53. The number of nitrogens with zero attached hydrogens (tertiary/aromatic N) is 2. The number of amides is 1. The highest BCUT2D eigenvalue weighted by Gasteiger charge is 2.34. The summed E-state index contributed by atoms with van der Waals surface area (Å²) in [4.78, 5) is 12.5. The van der Waals surface area contributed by atoms with Crippen LogP contribution < -0.4 is 10.6 Å². The first-order valence-corrected chi connectivity index (χ1v) is 7.97. The second-order valence-corrected chi connectivity index (χ2v) is 6.56. The fraction of sp³-hybridized carbons (Fsp3) is 0.333. The van der Waals surface area contributed by atoms with Gasteiger partial charge in [0.05, 0.1) is 12.1 Å². The van der Waals surface area contributed by atoms with Gasteiger partial charge in [0.1, 0.15) is 0 Å². The molecule has 1 aliphatic rings. The molecular formula is C15H17IN4O. The highest BCUT2D eigenvalue weighted by Crippen LogP contribution is 2.28. The van der Waals surface area contributed by atoms with Crippen molar-refractivity contribution >= 4 is 34.2 Å². The molecule has 1 aromatic carbocycles. The zero-order valence-corrected chi connectivity index (χ0v) is 13.9. The Hall–Kier alpha value is -1.41. The van der Waals surface area contributed by atoms with Crippen LogP contribution in [-0.2, 0) is 11.8 Å². The molecule has 2 N–H and O–H groups in total. The van der Waals surface area contributed by atoms with Crippen molar-refractivity contribution in [2.24, 2.45) is 13.0 Å². The van der Waals surface area contributed by atoms with E-state index in [0.29, 0.717) is 6.54 Å². The molecule has 0 spiro atoms. The summed E-state index contributed by atoms with van der Waals surface area (Å²) in [7, 11) is 1.90. The van der Waals surface area contributed by atoms with Gasteiger partial charge in [-0.3, -0.25) is 9.48 Å². The lowest BCUT2D eigenvalue weighted by Crippen LogP contribution is -2.28. The number of anilines is 1. The average molecular weight is 396 g/mol. The molecule has 0 aliphatic carbocycles. The Kier molecular flexibility index (Phi) is 4.25. The van der Waals surface area contributed by atoms with Gasteiger partial charge in [0.15, 0.2) is 0 Å². The number of aryl methyl sites for hydroxylation is 1. The van der Waals surface area contributed by atoms with Crippen molar-refractivity contribution in [1.82, 2.24) is 15.1 Å². The SMILES string of the molecule is Cn1cc([C@H]2CNC[C@@H]2C(=O)Nc2ccc(I)cc2)cn1. The van der Waals surface area contributed by atoms with Crippen molar-refractivity contribution in [2.45, 2.75) is 5.92 Å². The fourth-order valence-electron chi connectivity index (χ4n) is 2.70. The van der Waals surface area contributed by atoms with E-state index in [-0.39, 0.29) is 17.7 Å². The van der Waals surface area contributed by atoms with E-state index in [4.69, 9.17) is 0 Å². The summed E-state index contributed by atoms with van der Waals surface area (Å²) in [6.07, 6.45) is 3.84. The Balaban J connectivity index is 1.72. The molecule has 5 nitrogen and oxygen atoms in total. The van der Waals surface area contributed by atoms with E-state index >= 15 is 0 Å². The standard InChI is InChI=1S/C15H17IN4O/c1-20-9-10(6-18-20)13-7-17-8-14(13)15(21)19-12-4-2-11(16)3-5-12/h2-6,9,13-14,17H,7-8H2,1H3,(H,19,21)/t13-,14+/m1/s1. The molecule has 6 heteroatoms. The first-order valence-electron chi connectivity index (χ1n) is 6.89. The molecule has 0 radical (unpaired) electrons. The van der Waals surface area contributed by atoms with Gasteiger partial charge in [-0.25, -0.2) is 0 Å². The third kappa shape index (κ3) is 3.26. The van der Waals surface area contributed by atoms with Gasteiger partial charge in [0, 0.05) is 41.5 Å². The monoisotopic (exact) mass is 396 g/mol. The summed E-state index contributed by atoms with van der Waals surface area (Å²) in [5.41, 5.74) is 1.96. The smallest absolute Gasteiger partial charge is 0.229 e. The number of hydrogen-bond acceptors (Lipinski definition) is 3. The van der Waals surface area contributed by atoms with Crippen molar-refractivity contribution < 1.29 is 4.79 Å². The minimum Gasteiger partial charge on any atom is -0.326 e. The predicted octanol–water partition coefficient (Wildman–Crippen LogP) is 1.97. The maximum Gasteiger partial charge on any atom is 0.229 e. The summed E-state index contributed by atoms with van der Waals surface area (Å²) in [5, 5.41) is 10.5. The molecule has 1 aromatic heterocycles. The van der Waals surface area contributed by atoms with E-state index in [1.807, 2.05) is 43.7 Å². The molecular weight excluding hydrogens is 379 g/mol. The number of carbonyl (C=O) groups excluding carboxylic acids is 1. The molecule has 1 amide bonds. The van der Waals surface area contributed by atoms with Gasteiger partial charge in [-0.1, -0.05) is 0 Å². The van der Waals surface area contributed by atoms with Gasteiger partial charge in [0.2, 0.25) is 5.91 Å². The Morgan fingerprint density at radius 2 is 2.14 bits per heavy atom. The Bertz CT molecular complexity index is 637. The molecule has 0 unspecified atom stereocenters. The Morgan fingerprint density at radius 3 is 2.81 bits per heavy atom. The summed E-state index contributed by atoms with van der Waals surface area (Å²) < 4.78 is 2.93. The fourth-order valence-corrected chi connectivity index (χ4v) is 3.06. The van der Waals surface area contributed by atoms with Crippen molar-refractivity contribution in [2.75, 3.05) is 18.4 Å². The molecule has 2 heterocycles. The first kappa shape index (κ1) is 14.5. The van der Waals surface area contributed by atoms with Crippen LogP contribution in [0, 0.1) is 9.49 Å². The maximum absolute atomic E-state index is 12.5. The quantitative estimate of drug-likeness (QED) is 0.781. The predicted molar refractivity (Wildman–Crippen MR) is 90.1 cm³/mol. The minimum absolute atomic E-state index is 0.0616. The van der Waals surface area contributed by atoms with Gasteiger partial charge in [-0.15, -0.1) is 0 Å². The van der Waals surface area contributed by atoms with Crippen LogP contribution in [-0.4, -0.2) is 28.8 Å². The van der Waals surface area contributed by atoms with Crippen molar-refractivity contribution in [3.8, 4) is 0 Å². The Morgan fingerprint density at radius 1 is 1.38 bits per heavy atom. The highest BCUT2D eigenvalue weighted by atomic mass is 127. The zero-order valence-electron chi connectivity index (χ0n) is 11.7. The van der Waals surface area contributed by atoms with Crippen molar-refractivity contribution in [1.29, 1.82) is 0 Å². The van der Waals surface area contributed by atoms with E-state index in [0.717, 1.165) is 21.4 Å². The molecule has 2 aromatic rings. The molecule has 21 heavy (non-hydrogen) atoms. The molecule has 1 fully saturated rings. The van der Waals surface area contributed by atoms with Gasteiger partial charge in [-0.2, -0.15) is 5.10 Å². The summed E-state index contributed by atoms with van der Waals surface area (Å²) >= 11 is 2.25. The first-order chi connectivity index (χ1) is 10.1. The summed E-state index contributed by atoms with van der Waals surface area (Å²) in [6.45, 7) is 1.52. The molecule has 2 atom stereocenters. The number of carbonyl (C=O) groups is 1. The molecule has 0 saturated carbocycles. The second-order valence-electron chi connectivity index (χ2n) is 5.31. The minimum atomic E-state index is -0.0616. The number of nitrogens with one attached hydrogen (secondary N) is 2. The van der Waals surface area contributed by atoms with Crippen LogP contribution in [0.1, 0.15) is 11.5 Å². The van der Waals surface area contributed by atoms with Crippen LogP contribution >= 0.6 is 22.6 Å². The van der Waals surface area contributed by atoms with Gasteiger partial charge in [0.25, 0.3) is 0 Å². The lowest BCUT2D eigenvalue weighted by Gasteiger charge is -2.17. The normalized spacial score (nSPS) is 21.4. The van der Waals surface area contributed by atoms with Gasteiger partial charge >= 0.3 is 0 Å². The van der Waals surface area contributed by atoms with Crippen LogP contribution in [0.3, 0.4) is 0 Å². The summed E-state index contributed by atoms with van der Waals surface area (Å²) in [5.74, 6) is 0.186. The van der Waals surface area contributed by atoms with Gasteiger partial charge in [-0.05, 0) is 52.4 Å². The van der Waals surface area contributed by atoms with E-state index in [9.17, 15) is 4.79 Å². The number of rotatable bonds is 3. The van der Waals surface area contributed by atoms with Crippen molar-refractivity contribution in [3.63, 3.8) is 0 Å². The molecule has 110 valence electrons. The lowest BCUT2D eigenvalue weighted by molar-refractivity contribution is -0.119. The average Bonchev–Trinajstić information content (AvgIpc) is 3.09. The van der Waals surface area contributed by atoms with E-state index in [1.54, 1.807) is 4.68 Å².